The van der Waals surface area contributed by atoms with Crippen LogP contribution in [0.2, 0.25) is 0 Å². The van der Waals surface area contributed by atoms with Crippen LogP contribution in [-0.4, -0.2) is 36.7 Å². The number of methoxy groups -OCH3 is 1. The maximum Gasteiger partial charge on any atom is 0.407 e. The third-order valence-corrected chi connectivity index (χ3v) is 4.45. The van der Waals surface area contributed by atoms with Crippen molar-refractivity contribution in [3.8, 4) is 0 Å². The number of carbonyl (C=O) groups is 2. The van der Waals surface area contributed by atoms with Crippen molar-refractivity contribution in [3.63, 3.8) is 0 Å². The monoisotopic (exact) mass is 365 g/mol. The summed E-state index contributed by atoms with van der Waals surface area (Å²) in [5, 5.41) is 6.57. The van der Waals surface area contributed by atoms with Crippen molar-refractivity contribution in [1.29, 1.82) is 0 Å². The molecule has 140 valence electrons. The standard InChI is InChI=1S/C21H23N3O3/c1-27-21(26)24-19(13-16-14-23-18-10-6-5-9-17(16)18)20(25)22-12-11-15-7-3-2-4-8-15/h2-10,14,19,23H,11-13H2,1H3,(H,22,25)(H,24,26)/t19-/m0/s1. The Morgan fingerprint density at radius 1 is 1.07 bits per heavy atom. The number of carbonyl (C=O) groups excluding carboxylic acids is 2. The number of alkyl carbamates (subject to hydrolysis) is 1. The van der Waals surface area contributed by atoms with E-state index in [1.807, 2.05) is 60.8 Å². The molecule has 2 aromatic carbocycles. The minimum absolute atomic E-state index is 0.235. The predicted octanol–water partition coefficient (Wildman–Crippen LogP) is 2.79. The summed E-state index contributed by atoms with van der Waals surface area (Å²) in [5.74, 6) is -0.235. The lowest BCUT2D eigenvalue weighted by Crippen LogP contribution is -2.48. The number of para-hydroxylation sites is 1. The number of nitrogens with one attached hydrogen (secondary N) is 3. The number of benzene rings is 2. The number of amides is 2. The fraction of sp³-hybridized carbons (Fsp3) is 0.238. The number of aromatic nitrogens is 1. The molecule has 1 atom stereocenters. The van der Waals surface area contributed by atoms with Crippen molar-refractivity contribution in [2.24, 2.45) is 0 Å². The van der Waals surface area contributed by atoms with Crippen molar-refractivity contribution in [2.75, 3.05) is 13.7 Å². The highest BCUT2D eigenvalue weighted by Crippen LogP contribution is 2.19. The molecule has 0 aliphatic rings. The van der Waals surface area contributed by atoms with Crippen molar-refractivity contribution in [3.05, 3.63) is 71.9 Å². The minimum Gasteiger partial charge on any atom is -0.453 e. The summed E-state index contributed by atoms with van der Waals surface area (Å²) >= 11 is 0. The smallest absolute Gasteiger partial charge is 0.407 e. The fourth-order valence-corrected chi connectivity index (χ4v) is 3.03. The zero-order valence-electron chi connectivity index (χ0n) is 15.2. The van der Waals surface area contributed by atoms with Gasteiger partial charge in [-0.1, -0.05) is 48.5 Å². The van der Waals surface area contributed by atoms with E-state index >= 15 is 0 Å². The fourth-order valence-electron chi connectivity index (χ4n) is 3.03. The van der Waals surface area contributed by atoms with Crippen LogP contribution in [0.25, 0.3) is 10.9 Å². The molecule has 2 amide bonds. The van der Waals surface area contributed by atoms with Gasteiger partial charge in [-0.05, 0) is 23.6 Å². The number of hydrogen-bond acceptors (Lipinski definition) is 3. The highest BCUT2D eigenvalue weighted by molar-refractivity contribution is 5.88. The van der Waals surface area contributed by atoms with Crippen LogP contribution in [0.3, 0.4) is 0 Å². The van der Waals surface area contributed by atoms with Crippen LogP contribution in [0.15, 0.2) is 60.8 Å². The number of aromatic amines is 1. The van der Waals surface area contributed by atoms with Gasteiger partial charge in [-0.15, -0.1) is 0 Å². The van der Waals surface area contributed by atoms with Crippen molar-refractivity contribution >= 4 is 22.9 Å². The maximum atomic E-state index is 12.7. The highest BCUT2D eigenvalue weighted by Gasteiger charge is 2.22. The molecule has 0 saturated carbocycles. The molecule has 1 heterocycles. The van der Waals surface area contributed by atoms with E-state index in [0.717, 1.165) is 28.5 Å². The second-order valence-corrected chi connectivity index (χ2v) is 6.28. The van der Waals surface area contributed by atoms with Gasteiger partial charge in [-0.3, -0.25) is 4.79 Å². The SMILES string of the molecule is COC(=O)N[C@@H](Cc1c[nH]c2ccccc12)C(=O)NCCc1ccccc1. The molecule has 3 rings (SSSR count). The minimum atomic E-state index is -0.715. The largest absolute Gasteiger partial charge is 0.453 e. The molecule has 6 nitrogen and oxygen atoms in total. The average molecular weight is 365 g/mol. The Hall–Kier alpha value is -3.28. The zero-order chi connectivity index (χ0) is 19.1. The van der Waals surface area contributed by atoms with Gasteiger partial charge in [-0.2, -0.15) is 0 Å². The van der Waals surface area contributed by atoms with E-state index in [9.17, 15) is 9.59 Å². The molecule has 6 heteroatoms. The normalized spacial score (nSPS) is 11.7. The summed E-state index contributed by atoms with van der Waals surface area (Å²) in [6.45, 7) is 0.496. The lowest BCUT2D eigenvalue weighted by Gasteiger charge is -2.17. The summed E-state index contributed by atoms with van der Waals surface area (Å²) in [4.78, 5) is 27.5. The molecule has 3 N–H and O–H groups in total. The summed E-state index contributed by atoms with van der Waals surface area (Å²) < 4.78 is 4.67. The van der Waals surface area contributed by atoms with Crippen molar-refractivity contribution in [2.45, 2.75) is 18.9 Å². The van der Waals surface area contributed by atoms with Gasteiger partial charge < -0.3 is 20.4 Å². The van der Waals surface area contributed by atoms with E-state index in [0.29, 0.717) is 13.0 Å². The van der Waals surface area contributed by atoms with Gasteiger partial charge in [0.25, 0.3) is 0 Å². The quantitative estimate of drug-likeness (QED) is 0.602. The van der Waals surface area contributed by atoms with E-state index in [1.54, 1.807) is 0 Å². The molecule has 3 aromatic rings. The van der Waals surface area contributed by atoms with Gasteiger partial charge in [0.2, 0.25) is 5.91 Å². The van der Waals surface area contributed by atoms with Crippen LogP contribution < -0.4 is 10.6 Å². The van der Waals surface area contributed by atoms with Crippen LogP contribution in [0.4, 0.5) is 4.79 Å². The molecule has 27 heavy (non-hydrogen) atoms. The maximum absolute atomic E-state index is 12.7. The second kappa shape index (κ2) is 8.89. The number of fused-ring (bicyclic) bond motifs is 1. The molecule has 0 unspecified atom stereocenters. The van der Waals surface area contributed by atoms with Gasteiger partial charge in [0.15, 0.2) is 0 Å². The lowest BCUT2D eigenvalue weighted by molar-refractivity contribution is -0.123. The van der Waals surface area contributed by atoms with E-state index in [4.69, 9.17) is 0 Å². The van der Waals surface area contributed by atoms with E-state index in [2.05, 4.69) is 20.4 Å². The zero-order valence-corrected chi connectivity index (χ0v) is 15.2. The molecule has 0 aliphatic carbocycles. The van der Waals surface area contributed by atoms with Crippen LogP contribution in [0.5, 0.6) is 0 Å². The first-order valence-electron chi connectivity index (χ1n) is 8.88. The predicted molar refractivity (Wildman–Crippen MR) is 104 cm³/mol. The van der Waals surface area contributed by atoms with Gasteiger partial charge in [0.1, 0.15) is 6.04 Å². The third kappa shape index (κ3) is 4.88. The van der Waals surface area contributed by atoms with Crippen molar-refractivity contribution < 1.29 is 14.3 Å². The van der Waals surface area contributed by atoms with Crippen LogP contribution in [0.1, 0.15) is 11.1 Å². The molecule has 0 aliphatic heterocycles. The number of rotatable bonds is 7. The van der Waals surface area contributed by atoms with Gasteiger partial charge >= 0.3 is 6.09 Å². The van der Waals surface area contributed by atoms with Crippen LogP contribution in [-0.2, 0) is 22.4 Å². The van der Waals surface area contributed by atoms with E-state index in [-0.39, 0.29) is 5.91 Å². The molecular weight excluding hydrogens is 342 g/mol. The number of H-pyrrole nitrogens is 1. The molecular formula is C21H23N3O3. The first kappa shape index (κ1) is 18.5. The van der Waals surface area contributed by atoms with E-state index in [1.165, 1.54) is 7.11 Å². The first-order valence-corrected chi connectivity index (χ1v) is 8.88. The summed E-state index contributed by atoms with van der Waals surface area (Å²) in [6.07, 6.45) is 2.34. The highest BCUT2D eigenvalue weighted by atomic mass is 16.5. The summed E-state index contributed by atoms with van der Waals surface area (Å²) in [5.41, 5.74) is 3.10. The number of ether oxygens (including phenoxy) is 1. The third-order valence-electron chi connectivity index (χ3n) is 4.45. The number of hydrogen-bond donors (Lipinski definition) is 3. The van der Waals surface area contributed by atoms with Crippen LogP contribution in [0, 0.1) is 0 Å². The van der Waals surface area contributed by atoms with Gasteiger partial charge in [0.05, 0.1) is 7.11 Å². The topological polar surface area (TPSA) is 83.2 Å². The summed E-state index contributed by atoms with van der Waals surface area (Å²) in [6, 6.07) is 17.1. The Kier molecular flexibility index (Phi) is 6.10. The first-order chi connectivity index (χ1) is 13.2. The average Bonchev–Trinajstić information content (AvgIpc) is 3.11. The van der Waals surface area contributed by atoms with E-state index < -0.39 is 12.1 Å². The molecule has 0 spiro atoms. The van der Waals surface area contributed by atoms with Crippen LogP contribution >= 0.6 is 0 Å². The Labute approximate surface area is 157 Å². The molecule has 0 saturated heterocycles. The molecule has 0 fully saturated rings. The Morgan fingerprint density at radius 2 is 1.81 bits per heavy atom. The van der Waals surface area contributed by atoms with Gasteiger partial charge in [0, 0.05) is 30.1 Å². The molecule has 1 aromatic heterocycles. The Morgan fingerprint density at radius 3 is 2.59 bits per heavy atom. The van der Waals surface area contributed by atoms with Crippen molar-refractivity contribution in [1.82, 2.24) is 15.6 Å². The molecule has 0 bridgehead atoms. The molecule has 0 radical (unpaired) electrons. The Bertz CT molecular complexity index is 905. The summed E-state index contributed by atoms with van der Waals surface area (Å²) in [7, 11) is 1.28. The lowest BCUT2D eigenvalue weighted by atomic mass is 10.0. The van der Waals surface area contributed by atoms with Gasteiger partial charge in [-0.25, -0.2) is 4.79 Å². The Balaban J connectivity index is 1.66. The second-order valence-electron chi connectivity index (χ2n) is 6.28.